The predicted molar refractivity (Wildman–Crippen MR) is 140 cm³/mol. The molecule has 1 heterocycles. The summed E-state index contributed by atoms with van der Waals surface area (Å²) in [5.74, 6) is -3.52. The highest BCUT2D eigenvalue weighted by Crippen LogP contribution is 2.26. The van der Waals surface area contributed by atoms with E-state index >= 15 is 0 Å². The number of hydrogen-bond donors (Lipinski definition) is 7. The number of ether oxygens (including phenoxy) is 2. The smallest absolute Gasteiger partial charge is 0.370 e. The number of aliphatic carboxylic acids is 1. The van der Waals surface area contributed by atoms with E-state index in [1.165, 1.54) is 6.92 Å². The van der Waals surface area contributed by atoms with Crippen molar-refractivity contribution in [3.05, 3.63) is 53.8 Å². The van der Waals surface area contributed by atoms with Gasteiger partial charge >= 0.3 is 5.97 Å². The number of fused-ring (bicyclic) bond motifs is 1. The molecule has 0 aliphatic carbocycles. The van der Waals surface area contributed by atoms with Crippen molar-refractivity contribution in [2.75, 3.05) is 13.7 Å². The maximum Gasteiger partial charge on any atom is 0.370 e. The van der Waals surface area contributed by atoms with Gasteiger partial charge in [-0.3, -0.25) is 14.9 Å². The Bertz CT molecular complexity index is 1300. The highest BCUT2D eigenvalue weighted by Gasteiger charge is 2.43. The molecule has 0 radical (unpaired) electrons. The minimum absolute atomic E-state index is 0.378. The Balaban J connectivity index is 1.86. The van der Waals surface area contributed by atoms with Crippen molar-refractivity contribution in [3.63, 3.8) is 0 Å². The molecule has 6 atom stereocenters. The molecule has 0 aromatic heterocycles. The summed E-state index contributed by atoms with van der Waals surface area (Å²) >= 11 is 0. The van der Waals surface area contributed by atoms with Crippen LogP contribution in [0.15, 0.2) is 53.2 Å². The molecule has 13 heteroatoms. The van der Waals surface area contributed by atoms with Crippen LogP contribution >= 0.6 is 0 Å². The number of guanidine groups is 1. The molecule has 1 aliphatic rings. The Morgan fingerprint density at radius 1 is 1.15 bits per heavy atom. The lowest BCUT2D eigenvalue weighted by Crippen LogP contribution is -2.60. The van der Waals surface area contributed by atoms with Gasteiger partial charge in [-0.15, -0.1) is 0 Å². The van der Waals surface area contributed by atoms with E-state index in [0.29, 0.717) is 11.3 Å². The van der Waals surface area contributed by atoms with Gasteiger partial charge in [-0.1, -0.05) is 24.3 Å². The molecular formula is C26H32N4O9. The second kappa shape index (κ2) is 12.6. The van der Waals surface area contributed by atoms with Crippen LogP contribution in [0, 0.1) is 0 Å². The maximum atomic E-state index is 13.0. The molecule has 0 unspecified atom stereocenters. The van der Waals surface area contributed by atoms with E-state index in [9.17, 15) is 34.8 Å². The van der Waals surface area contributed by atoms with Gasteiger partial charge in [0.2, 0.25) is 17.6 Å². The molecule has 0 spiro atoms. The van der Waals surface area contributed by atoms with Gasteiger partial charge in [-0.2, -0.15) is 0 Å². The molecule has 0 saturated heterocycles. The van der Waals surface area contributed by atoms with Gasteiger partial charge in [0.05, 0.1) is 31.7 Å². The standard InChI is InChI=1S/C26H32N4O9/c1-12(14-4-5-16-9-17(38-3)7-6-15(16)8-14)24(35)30-26(27)29-18-10-20(25(36)37)39-23(21(18)28-13(2)32)22(34)19(33)11-31/h4-10,12,18-19,21-23,31,33-34H,11H2,1-3H3,(H,28,32)(H,36,37)(H3,27,29,30,35)/t12-,18-,19+,21+,22+,23+/m0/s1. The third-order valence-corrected chi connectivity index (χ3v) is 6.31. The molecule has 2 aromatic carbocycles. The molecule has 2 amide bonds. The molecule has 1 aliphatic heterocycles. The minimum atomic E-state index is -1.80. The number of nitrogens with two attached hydrogens (primary N) is 1. The third kappa shape index (κ3) is 7.02. The molecule has 3 rings (SSSR count). The Morgan fingerprint density at radius 2 is 1.82 bits per heavy atom. The predicted octanol–water partition coefficient (Wildman–Crippen LogP) is -0.662. The summed E-state index contributed by atoms with van der Waals surface area (Å²) in [6, 6.07) is 8.65. The lowest BCUT2D eigenvalue weighted by atomic mass is 9.92. The van der Waals surface area contributed by atoms with Gasteiger partial charge in [0.1, 0.15) is 24.1 Å². The number of rotatable bonds is 9. The number of hydrogen-bond acceptors (Lipinski definition) is 9. The number of nitrogens with zero attached hydrogens (tertiary/aromatic N) is 1. The molecule has 8 N–H and O–H groups in total. The van der Waals surface area contributed by atoms with Crippen molar-refractivity contribution < 1.29 is 44.3 Å². The first-order chi connectivity index (χ1) is 18.4. The number of benzene rings is 2. The highest BCUT2D eigenvalue weighted by atomic mass is 16.5. The Morgan fingerprint density at radius 3 is 2.44 bits per heavy atom. The summed E-state index contributed by atoms with van der Waals surface area (Å²) in [6.07, 6.45) is -3.96. The largest absolute Gasteiger partial charge is 0.497 e. The maximum absolute atomic E-state index is 13.0. The van der Waals surface area contributed by atoms with Crippen LogP contribution in [0.4, 0.5) is 0 Å². The number of aliphatic hydroxyl groups is 3. The summed E-state index contributed by atoms with van der Waals surface area (Å²) in [4.78, 5) is 40.6. The van der Waals surface area contributed by atoms with Crippen molar-refractivity contribution in [1.29, 1.82) is 0 Å². The molecule has 210 valence electrons. The van der Waals surface area contributed by atoms with E-state index in [0.717, 1.165) is 16.8 Å². The van der Waals surface area contributed by atoms with Crippen LogP contribution in [-0.2, 0) is 19.1 Å². The van der Waals surface area contributed by atoms with Crippen LogP contribution in [0.3, 0.4) is 0 Å². The number of carbonyl (C=O) groups is 3. The number of methoxy groups -OCH3 is 1. The Kier molecular flexibility index (Phi) is 9.46. The third-order valence-electron chi connectivity index (χ3n) is 6.31. The summed E-state index contributed by atoms with van der Waals surface area (Å²) in [7, 11) is 1.58. The quantitative estimate of drug-likeness (QED) is 0.156. The normalized spacial score (nSPS) is 21.6. The monoisotopic (exact) mass is 544 g/mol. The van der Waals surface area contributed by atoms with E-state index in [-0.39, 0.29) is 5.96 Å². The highest BCUT2D eigenvalue weighted by molar-refractivity contribution is 5.99. The van der Waals surface area contributed by atoms with Crippen LogP contribution < -0.4 is 21.1 Å². The van der Waals surface area contributed by atoms with Crippen LogP contribution in [0.1, 0.15) is 25.3 Å². The summed E-state index contributed by atoms with van der Waals surface area (Å²) in [5, 5.41) is 45.9. The van der Waals surface area contributed by atoms with Gasteiger partial charge in [-0.05, 0) is 41.5 Å². The van der Waals surface area contributed by atoms with Gasteiger partial charge < -0.3 is 41.0 Å². The number of aliphatic hydroxyl groups excluding tert-OH is 3. The molecule has 39 heavy (non-hydrogen) atoms. The van der Waals surface area contributed by atoms with Crippen molar-refractivity contribution in [2.24, 2.45) is 10.7 Å². The van der Waals surface area contributed by atoms with E-state index in [4.69, 9.17) is 15.2 Å². The summed E-state index contributed by atoms with van der Waals surface area (Å²) < 4.78 is 10.5. The number of carbonyl (C=O) groups excluding carboxylic acids is 2. The SMILES string of the molecule is COc1ccc2cc([C@H](C)C(=O)NC(N)=N[C@H]3C=C(C(=O)O)O[C@@H]([C@H](O)[C@H](O)CO)[C@@H]3NC(C)=O)ccc2c1. The van der Waals surface area contributed by atoms with Crippen LogP contribution in [0.5, 0.6) is 5.75 Å². The number of nitrogens with one attached hydrogen (secondary N) is 2. The van der Waals surface area contributed by atoms with E-state index < -0.39 is 66.5 Å². The summed E-state index contributed by atoms with van der Waals surface area (Å²) in [5.41, 5.74) is 6.69. The Hall–Kier alpha value is -4.20. The fourth-order valence-electron chi connectivity index (χ4n) is 4.18. The second-order valence-electron chi connectivity index (χ2n) is 9.07. The van der Waals surface area contributed by atoms with Crippen molar-refractivity contribution in [1.82, 2.24) is 10.6 Å². The molecule has 0 fully saturated rings. The summed E-state index contributed by atoms with van der Waals surface area (Å²) in [6.45, 7) is 1.99. The average Bonchev–Trinajstić information content (AvgIpc) is 2.91. The zero-order chi connectivity index (χ0) is 28.9. The van der Waals surface area contributed by atoms with Crippen molar-refractivity contribution in [2.45, 2.75) is 50.2 Å². The van der Waals surface area contributed by atoms with Crippen LogP contribution in [0.2, 0.25) is 0 Å². The van der Waals surface area contributed by atoms with E-state index in [1.807, 2.05) is 30.3 Å². The molecule has 2 aromatic rings. The van der Waals surface area contributed by atoms with Crippen molar-refractivity contribution in [3.8, 4) is 5.75 Å². The number of carboxylic acids is 1. The lowest BCUT2D eigenvalue weighted by molar-refractivity contribution is -0.145. The van der Waals surface area contributed by atoms with Gasteiger partial charge in [0, 0.05) is 6.92 Å². The van der Waals surface area contributed by atoms with Gasteiger partial charge in [-0.25, -0.2) is 9.79 Å². The average molecular weight is 545 g/mol. The minimum Gasteiger partial charge on any atom is -0.497 e. The van der Waals surface area contributed by atoms with Gasteiger partial charge in [0.25, 0.3) is 0 Å². The number of carboxylic acid groups (broad SMARTS) is 1. The molecular weight excluding hydrogens is 512 g/mol. The second-order valence-corrected chi connectivity index (χ2v) is 9.07. The fraction of sp³-hybridized carbons (Fsp3) is 0.385. The van der Waals surface area contributed by atoms with Crippen LogP contribution in [0.25, 0.3) is 10.8 Å². The van der Waals surface area contributed by atoms with E-state index in [1.54, 1.807) is 20.1 Å². The first-order valence-corrected chi connectivity index (χ1v) is 12.0. The Labute approximate surface area is 223 Å². The number of aliphatic imine (C=N–C) groups is 1. The first kappa shape index (κ1) is 29.4. The van der Waals surface area contributed by atoms with Gasteiger partial charge in [0.15, 0.2) is 5.96 Å². The van der Waals surface area contributed by atoms with E-state index in [2.05, 4.69) is 15.6 Å². The van der Waals surface area contributed by atoms with Crippen LogP contribution in [-0.4, -0.2) is 88.3 Å². The molecule has 0 bridgehead atoms. The fourth-order valence-corrected chi connectivity index (χ4v) is 4.18. The lowest BCUT2D eigenvalue weighted by Gasteiger charge is -2.38. The zero-order valence-corrected chi connectivity index (χ0v) is 21.6. The van der Waals surface area contributed by atoms with Crippen molar-refractivity contribution >= 4 is 34.5 Å². The zero-order valence-electron chi connectivity index (χ0n) is 21.6. The molecule has 0 saturated carbocycles. The number of amides is 2. The first-order valence-electron chi connectivity index (χ1n) is 12.0. The topological polar surface area (TPSA) is 213 Å². The molecule has 13 nitrogen and oxygen atoms in total.